The van der Waals surface area contributed by atoms with Crippen molar-refractivity contribution in [3.05, 3.63) is 65.5 Å². The number of hydrogen-bond donors (Lipinski definition) is 2. The van der Waals surface area contributed by atoms with Crippen molar-refractivity contribution in [3.63, 3.8) is 0 Å². The standard InChI is InChI=1S/C16H17N3S/c20-16(18-11-12-4-3-7-17-10-12)19-15-8-13-5-1-2-6-14(13)9-15/h1-7,10,15H,8-9,11H2,(H2,18,19,20). The maximum atomic E-state index is 5.36. The van der Waals surface area contributed by atoms with E-state index in [1.807, 2.05) is 18.3 Å². The predicted molar refractivity (Wildman–Crippen MR) is 84.4 cm³/mol. The molecule has 1 heterocycles. The normalized spacial score (nSPS) is 13.8. The number of rotatable bonds is 3. The van der Waals surface area contributed by atoms with Crippen LogP contribution in [-0.4, -0.2) is 16.1 Å². The van der Waals surface area contributed by atoms with Crippen LogP contribution in [-0.2, 0) is 19.4 Å². The van der Waals surface area contributed by atoms with Gasteiger partial charge >= 0.3 is 0 Å². The minimum Gasteiger partial charge on any atom is -0.359 e. The van der Waals surface area contributed by atoms with Gasteiger partial charge in [0.15, 0.2) is 5.11 Å². The van der Waals surface area contributed by atoms with Crippen LogP contribution in [0.25, 0.3) is 0 Å². The van der Waals surface area contributed by atoms with Crippen LogP contribution in [0.3, 0.4) is 0 Å². The number of hydrogen-bond acceptors (Lipinski definition) is 2. The molecule has 1 aromatic carbocycles. The minimum absolute atomic E-state index is 0.404. The SMILES string of the molecule is S=C(NCc1cccnc1)NC1Cc2ccccc2C1. The second-order valence-electron chi connectivity index (χ2n) is 5.06. The fourth-order valence-electron chi connectivity index (χ4n) is 2.58. The van der Waals surface area contributed by atoms with Crippen molar-refractivity contribution in [1.29, 1.82) is 0 Å². The summed E-state index contributed by atoms with van der Waals surface area (Å²) in [6.45, 7) is 0.708. The van der Waals surface area contributed by atoms with Gasteiger partial charge in [-0.15, -0.1) is 0 Å². The fourth-order valence-corrected chi connectivity index (χ4v) is 2.82. The maximum absolute atomic E-state index is 5.36. The molecule has 1 aromatic heterocycles. The molecule has 0 atom stereocenters. The Morgan fingerprint density at radius 3 is 2.55 bits per heavy atom. The van der Waals surface area contributed by atoms with Gasteiger partial charge in [-0.2, -0.15) is 0 Å². The highest BCUT2D eigenvalue weighted by atomic mass is 32.1. The molecule has 0 saturated heterocycles. The van der Waals surface area contributed by atoms with Crippen LogP contribution in [0, 0.1) is 0 Å². The van der Waals surface area contributed by atoms with Crippen LogP contribution in [0.15, 0.2) is 48.8 Å². The molecule has 0 unspecified atom stereocenters. The van der Waals surface area contributed by atoms with Gasteiger partial charge in [-0.1, -0.05) is 30.3 Å². The molecule has 1 aliphatic carbocycles. The van der Waals surface area contributed by atoms with E-state index in [0.29, 0.717) is 17.7 Å². The van der Waals surface area contributed by atoms with Crippen molar-refractivity contribution in [1.82, 2.24) is 15.6 Å². The van der Waals surface area contributed by atoms with Crippen LogP contribution in [0.5, 0.6) is 0 Å². The molecule has 0 aliphatic heterocycles. The summed E-state index contributed by atoms with van der Waals surface area (Å²) in [5, 5.41) is 7.34. The molecule has 0 amide bonds. The second-order valence-corrected chi connectivity index (χ2v) is 5.47. The minimum atomic E-state index is 0.404. The molecule has 4 heteroatoms. The van der Waals surface area contributed by atoms with Gasteiger partial charge in [0.1, 0.15) is 0 Å². The maximum Gasteiger partial charge on any atom is 0.166 e. The number of nitrogens with one attached hydrogen (secondary N) is 2. The lowest BCUT2D eigenvalue weighted by molar-refractivity contribution is 0.633. The van der Waals surface area contributed by atoms with Crippen molar-refractivity contribution in [2.24, 2.45) is 0 Å². The first-order valence-corrected chi connectivity index (χ1v) is 7.22. The van der Waals surface area contributed by atoms with Crippen LogP contribution >= 0.6 is 12.2 Å². The Balaban J connectivity index is 1.49. The van der Waals surface area contributed by atoms with E-state index < -0.39 is 0 Å². The molecular weight excluding hydrogens is 266 g/mol. The van der Waals surface area contributed by atoms with Gasteiger partial charge in [0.2, 0.25) is 0 Å². The predicted octanol–water partition coefficient (Wildman–Crippen LogP) is 2.21. The largest absolute Gasteiger partial charge is 0.359 e. The molecule has 0 spiro atoms. The summed E-state index contributed by atoms with van der Waals surface area (Å²) in [7, 11) is 0. The monoisotopic (exact) mass is 283 g/mol. The zero-order chi connectivity index (χ0) is 13.8. The van der Waals surface area contributed by atoms with Crippen LogP contribution in [0.4, 0.5) is 0 Å². The van der Waals surface area contributed by atoms with Gasteiger partial charge in [0.25, 0.3) is 0 Å². The van der Waals surface area contributed by atoms with Crippen molar-refractivity contribution < 1.29 is 0 Å². The molecular formula is C16H17N3S. The van der Waals surface area contributed by atoms with Crippen LogP contribution in [0.1, 0.15) is 16.7 Å². The number of benzene rings is 1. The number of fused-ring (bicyclic) bond motifs is 1. The van der Waals surface area contributed by atoms with Gasteiger partial charge in [0, 0.05) is 25.0 Å². The zero-order valence-corrected chi connectivity index (χ0v) is 12.0. The van der Waals surface area contributed by atoms with E-state index in [4.69, 9.17) is 12.2 Å². The van der Waals surface area contributed by atoms with Crippen molar-refractivity contribution in [2.45, 2.75) is 25.4 Å². The van der Waals surface area contributed by atoms with E-state index in [9.17, 15) is 0 Å². The van der Waals surface area contributed by atoms with Crippen LogP contribution < -0.4 is 10.6 Å². The third kappa shape index (κ3) is 3.14. The first kappa shape index (κ1) is 13.1. The quantitative estimate of drug-likeness (QED) is 0.847. The van der Waals surface area contributed by atoms with Gasteiger partial charge < -0.3 is 10.6 Å². The van der Waals surface area contributed by atoms with Crippen molar-refractivity contribution in [2.75, 3.05) is 0 Å². The second kappa shape index (κ2) is 6.01. The van der Waals surface area contributed by atoms with Gasteiger partial charge in [-0.05, 0) is 47.8 Å². The molecule has 0 fully saturated rings. The molecule has 102 valence electrons. The highest BCUT2D eigenvalue weighted by Gasteiger charge is 2.21. The molecule has 20 heavy (non-hydrogen) atoms. The number of nitrogens with zero attached hydrogens (tertiary/aromatic N) is 1. The highest BCUT2D eigenvalue weighted by Crippen LogP contribution is 2.21. The van der Waals surface area contributed by atoms with Gasteiger partial charge in [-0.25, -0.2) is 0 Å². The Labute approximate surface area is 124 Å². The summed E-state index contributed by atoms with van der Waals surface area (Å²) in [4.78, 5) is 4.09. The smallest absolute Gasteiger partial charge is 0.166 e. The topological polar surface area (TPSA) is 37.0 Å². The molecule has 2 N–H and O–H groups in total. The summed E-state index contributed by atoms with van der Waals surface area (Å²) in [6.07, 6.45) is 5.71. The van der Waals surface area contributed by atoms with E-state index in [0.717, 1.165) is 18.4 Å². The third-order valence-electron chi connectivity index (χ3n) is 3.56. The summed E-state index contributed by atoms with van der Waals surface area (Å²) in [5.74, 6) is 0. The molecule has 0 bridgehead atoms. The lowest BCUT2D eigenvalue weighted by atomic mass is 10.1. The summed E-state index contributed by atoms with van der Waals surface area (Å²) >= 11 is 5.36. The van der Waals surface area contributed by atoms with Crippen molar-refractivity contribution >= 4 is 17.3 Å². The lowest BCUT2D eigenvalue weighted by Crippen LogP contribution is -2.42. The average Bonchev–Trinajstić information content (AvgIpc) is 2.88. The van der Waals surface area contributed by atoms with Gasteiger partial charge in [0.05, 0.1) is 0 Å². The summed E-state index contributed by atoms with van der Waals surface area (Å²) in [5.41, 5.74) is 3.99. The zero-order valence-electron chi connectivity index (χ0n) is 11.2. The van der Waals surface area contributed by atoms with Crippen molar-refractivity contribution in [3.8, 4) is 0 Å². The average molecular weight is 283 g/mol. The Morgan fingerprint density at radius 2 is 1.90 bits per heavy atom. The Bertz CT molecular complexity index is 573. The first-order chi connectivity index (χ1) is 9.81. The summed E-state index contributed by atoms with van der Waals surface area (Å²) < 4.78 is 0. The molecule has 3 rings (SSSR count). The molecule has 2 aromatic rings. The summed E-state index contributed by atoms with van der Waals surface area (Å²) in [6, 6.07) is 13.0. The first-order valence-electron chi connectivity index (χ1n) is 6.81. The van der Waals surface area contributed by atoms with E-state index in [1.165, 1.54) is 11.1 Å². The highest BCUT2D eigenvalue weighted by molar-refractivity contribution is 7.80. The Morgan fingerprint density at radius 1 is 1.15 bits per heavy atom. The van der Waals surface area contributed by atoms with Crippen LogP contribution in [0.2, 0.25) is 0 Å². The molecule has 0 radical (unpaired) electrons. The van der Waals surface area contributed by atoms with E-state index >= 15 is 0 Å². The number of pyridine rings is 1. The van der Waals surface area contributed by atoms with E-state index in [2.05, 4.69) is 39.9 Å². The molecule has 1 aliphatic rings. The number of thiocarbonyl (C=S) groups is 1. The third-order valence-corrected chi connectivity index (χ3v) is 3.82. The lowest BCUT2D eigenvalue weighted by Gasteiger charge is -2.15. The number of aromatic nitrogens is 1. The Hall–Kier alpha value is -1.94. The fraction of sp³-hybridized carbons (Fsp3) is 0.250. The van der Waals surface area contributed by atoms with Gasteiger partial charge in [-0.3, -0.25) is 4.98 Å². The van der Waals surface area contributed by atoms with E-state index in [1.54, 1.807) is 6.20 Å². The van der Waals surface area contributed by atoms with E-state index in [-0.39, 0.29) is 0 Å². The Kier molecular flexibility index (Phi) is 3.92. The molecule has 0 saturated carbocycles. The molecule has 3 nitrogen and oxygen atoms in total.